The molecule has 0 saturated carbocycles. The van der Waals surface area contributed by atoms with Crippen molar-refractivity contribution in [2.45, 2.75) is 5.41 Å². The van der Waals surface area contributed by atoms with Gasteiger partial charge in [-0.1, -0.05) is 200 Å². The lowest BCUT2D eigenvalue weighted by Gasteiger charge is -2.34. The molecule has 10 aromatic rings. The van der Waals surface area contributed by atoms with Gasteiger partial charge in [-0.05, 0) is 90.7 Å². The predicted octanol–water partition coefficient (Wildman–Crippen LogP) is 13.7. The lowest BCUT2D eigenvalue weighted by atomic mass is 9.67. The van der Waals surface area contributed by atoms with E-state index >= 15 is 0 Å². The number of benzene rings is 9. The van der Waals surface area contributed by atoms with Crippen molar-refractivity contribution in [2.24, 2.45) is 0 Å². The molecule has 3 nitrogen and oxygen atoms in total. The molecule has 0 amide bonds. The minimum atomic E-state index is -0.548. The highest BCUT2D eigenvalue weighted by Crippen LogP contribution is 2.56. The first kappa shape index (κ1) is 34.5. The topological polar surface area (TPSA) is 38.7 Å². The van der Waals surface area contributed by atoms with E-state index < -0.39 is 5.41 Å². The van der Waals surface area contributed by atoms with Crippen LogP contribution >= 0.6 is 0 Å². The van der Waals surface area contributed by atoms with Crippen molar-refractivity contribution in [1.29, 1.82) is 0 Å². The van der Waals surface area contributed by atoms with Crippen LogP contribution in [0.4, 0.5) is 0 Å². The SMILES string of the molecule is c1ccc(-c2cc(-c3ccccc3)cc(-c3nc(-c4ccc5c(c4)C(c4ccccc4)(c4ccccc4)c4ccccc4-5)nc(-c4cccc5ccccc45)n3)c2)cc1. The molecule has 0 fully saturated rings. The molecule has 0 atom stereocenters. The number of hydrogen-bond acceptors (Lipinski definition) is 3. The van der Waals surface area contributed by atoms with Gasteiger partial charge in [0.25, 0.3) is 0 Å². The molecule has 59 heavy (non-hydrogen) atoms. The van der Waals surface area contributed by atoms with Crippen molar-refractivity contribution >= 4 is 10.8 Å². The predicted molar refractivity (Wildman–Crippen MR) is 242 cm³/mol. The normalized spacial score (nSPS) is 12.5. The summed E-state index contributed by atoms with van der Waals surface area (Å²) in [6.45, 7) is 0. The van der Waals surface area contributed by atoms with Crippen molar-refractivity contribution in [3.8, 4) is 67.5 Å². The standard InChI is InChI=1S/C56H37N3/c1-5-18-38(19-6-1)42-34-43(39-20-7-2-8-21-39)36-44(35-42)54-57-53(58-55(59-54)50-30-17-23-40-22-13-14-28-47(40)50)41-32-33-49-48-29-15-16-31-51(48)56(52(49)37-41,45-24-9-3-10-25-45)46-26-11-4-12-27-46/h1-37H. The largest absolute Gasteiger partial charge is 0.208 e. The molecule has 0 bridgehead atoms. The van der Waals surface area contributed by atoms with Crippen LogP contribution in [-0.4, -0.2) is 15.0 Å². The Balaban J connectivity index is 1.18. The molecule has 1 heterocycles. The van der Waals surface area contributed by atoms with Crippen LogP contribution in [0.2, 0.25) is 0 Å². The van der Waals surface area contributed by atoms with Gasteiger partial charge in [-0.25, -0.2) is 15.0 Å². The molecule has 9 aromatic carbocycles. The highest BCUT2D eigenvalue weighted by molar-refractivity contribution is 5.96. The van der Waals surface area contributed by atoms with E-state index in [2.05, 4.69) is 224 Å². The smallest absolute Gasteiger partial charge is 0.164 e. The van der Waals surface area contributed by atoms with Crippen LogP contribution in [0.25, 0.3) is 78.3 Å². The van der Waals surface area contributed by atoms with Crippen molar-refractivity contribution in [3.05, 3.63) is 247 Å². The Bertz CT molecular complexity index is 3040. The Morgan fingerprint density at radius 3 is 1.41 bits per heavy atom. The Kier molecular flexibility index (Phi) is 8.37. The van der Waals surface area contributed by atoms with Gasteiger partial charge >= 0.3 is 0 Å². The molecule has 0 saturated heterocycles. The summed E-state index contributed by atoms with van der Waals surface area (Å²) in [6.07, 6.45) is 0. The summed E-state index contributed by atoms with van der Waals surface area (Å²) in [5, 5.41) is 2.23. The summed E-state index contributed by atoms with van der Waals surface area (Å²) in [6, 6.07) is 80.0. The fourth-order valence-corrected chi connectivity index (χ4v) is 9.11. The molecule has 1 aromatic heterocycles. The third-order valence-electron chi connectivity index (χ3n) is 11.8. The molecule has 276 valence electrons. The summed E-state index contributed by atoms with van der Waals surface area (Å²) in [4.78, 5) is 16.1. The zero-order chi connectivity index (χ0) is 39.2. The van der Waals surface area contributed by atoms with Crippen LogP contribution in [0.1, 0.15) is 22.3 Å². The molecule has 0 N–H and O–H groups in total. The van der Waals surface area contributed by atoms with Gasteiger partial charge in [0.1, 0.15) is 0 Å². The highest BCUT2D eigenvalue weighted by Gasteiger charge is 2.46. The van der Waals surface area contributed by atoms with Gasteiger partial charge < -0.3 is 0 Å². The molecule has 1 aliphatic rings. The maximum absolute atomic E-state index is 5.39. The maximum Gasteiger partial charge on any atom is 0.164 e. The first-order valence-corrected chi connectivity index (χ1v) is 20.1. The summed E-state index contributed by atoms with van der Waals surface area (Å²) >= 11 is 0. The number of rotatable bonds is 7. The van der Waals surface area contributed by atoms with Crippen LogP contribution in [0, 0.1) is 0 Å². The molecule has 1 aliphatic carbocycles. The second-order valence-electron chi connectivity index (χ2n) is 15.2. The van der Waals surface area contributed by atoms with E-state index in [0.717, 1.165) is 49.7 Å². The third kappa shape index (κ3) is 5.86. The quantitative estimate of drug-likeness (QED) is 0.163. The molecule has 0 spiro atoms. The first-order valence-electron chi connectivity index (χ1n) is 20.1. The van der Waals surface area contributed by atoms with Crippen LogP contribution in [0.5, 0.6) is 0 Å². The van der Waals surface area contributed by atoms with E-state index in [1.54, 1.807) is 0 Å². The van der Waals surface area contributed by atoms with Gasteiger partial charge in [-0.2, -0.15) is 0 Å². The van der Waals surface area contributed by atoms with E-state index in [-0.39, 0.29) is 0 Å². The van der Waals surface area contributed by atoms with Gasteiger partial charge in [0.2, 0.25) is 0 Å². The lowest BCUT2D eigenvalue weighted by molar-refractivity contribution is 0.768. The van der Waals surface area contributed by atoms with Gasteiger partial charge in [0.05, 0.1) is 5.41 Å². The Morgan fingerprint density at radius 2 is 0.746 bits per heavy atom. The second kappa shape index (κ2) is 14.3. The van der Waals surface area contributed by atoms with E-state index in [0.29, 0.717) is 17.5 Å². The molecule has 3 heteroatoms. The van der Waals surface area contributed by atoms with Gasteiger partial charge in [-0.15, -0.1) is 0 Å². The Morgan fingerprint density at radius 1 is 0.271 bits per heavy atom. The minimum Gasteiger partial charge on any atom is -0.208 e. The van der Waals surface area contributed by atoms with Crippen molar-refractivity contribution < 1.29 is 0 Å². The third-order valence-corrected chi connectivity index (χ3v) is 11.8. The zero-order valence-electron chi connectivity index (χ0n) is 32.2. The average Bonchev–Trinajstić information content (AvgIpc) is 3.62. The van der Waals surface area contributed by atoms with Gasteiger partial charge in [0, 0.05) is 16.7 Å². The number of aromatic nitrogens is 3. The van der Waals surface area contributed by atoms with Crippen LogP contribution in [0.3, 0.4) is 0 Å². The van der Waals surface area contributed by atoms with E-state index in [9.17, 15) is 0 Å². The minimum absolute atomic E-state index is 0.548. The lowest BCUT2D eigenvalue weighted by Crippen LogP contribution is -2.28. The Labute approximate surface area is 344 Å². The summed E-state index contributed by atoms with van der Waals surface area (Å²) in [5.74, 6) is 1.88. The summed E-state index contributed by atoms with van der Waals surface area (Å²) in [7, 11) is 0. The van der Waals surface area contributed by atoms with Crippen molar-refractivity contribution in [1.82, 2.24) is 15.0 Å². The average molecular weight is 752 g/mol. The van der Waals surface area contributed by atoms with Crippen LogP contribution < -0.4 is 0 Å². The maximum atomic E-state index is 5.39. The fourth-order valence-electron chi connectivity index (χ4n) is 9.11. The Hall–Kier alpha value is -7.75. The second-order valence-corrected chi connectivity index (χ2v) is 15.2. The van der Waals surface area contributed by atoms with Gasteiger partial charge in [0.15, 0.2) is 17.5 Å². The molecule has 0 radical (unpaired) electrons. The molecule has 11 rings (SSSR count). The van der Waals surface area contributed by atoms with Crippen molar-refractivity contribution in [2.75, 3.05) is 0 Å². The first-order chi connectivity index (χ1) is 29.2. The van der Waals surface area contributed by atoms with Gasteiger partial charge in [-0.3, -0.25) is 0 Å². The molecular formula is C56H37N3. The monoisotopic (exact) mass is 751 g/mol. The summed E-state index contributed by atoms with van der Waals surface area (Å²) < 4.78 is 0. The van der Waals surface area contributed by atoms with Crippen LogP contribution in [0.15, 0.2) is 224 Å². The summed E-state index contributed by atoms with van der Waals surface area (Å²) in [5.41, 5.74) is 14.1. The number of hydrogen-bond donors (Lipinski definition) is 0. The fraction of sp³-hybridized carbons (Fsp3) is 0.0179. The van der Waals surface area contributed by atoms with E-state index in [1.165, 1.54) is 33.4 Å². The van der Waals surface area contributed by atoms with Crippen LogP contribution in [-0.2, 0) is 5.41 Å². The molecule has 0 unspecified atom stereocenters. The number of fused-ring (bicyclic) bond motifs is 4. The van der Waals surface area contributed by atoms with Crippen molar-refractivity contribution in [3.63, 3.8) is 0 Å². The highest BCUT2D eigenvalue weighted by atomic mass is 15.0. The number of nitrogens with zero attached hydrogens (tertiary/aromatic N) is 3. The van der Waals surface area contributed by atoms with E-state index in [1.807, 2.05) is 0 Å². The zero-order valence-corrected chi connectivity index (χ0v) is 32.2. The molecule has 0 aliphatic heterocycles. The molecular weight excluding hydrogens is 715 g/mol. The van der Waals surface area contributed by atoms with E-state index in [4.69, 9.17) is 15.0 Å².